The van der Waals surface area contributed by atoms with Crippen LogP contribution in [0, 0.1) is 12.7 Å². The largest absolute Gasteiger partial charge is 0.385 e. The number of methoxy groups -OCH3 is 1. The topological polar surface area (TPSA) is 61.9 Å². The molecule has 3 amide bonds. The molecule has 1 aromatic heterocycles. The Labute approximate surface area is 204 Å². The molecule has 0 aliphatic rings. The first-order valence-corrected chi connectivity index (χ1v) is 12.0. The van der Waals surface area contributed by atoms with Crippen molar-refractivity contribution in [3.63, 3.8) is 0 Å². The number of hydrogen-bond donors (Lipinski definition) is 1. The fourth-order valence-electron chi connectivity index (χ4n) is 3.45. The molecule has 8 heteroatoms. The van der Waals surface area contributed by atoms with E-state index in [0.29, 0.717) is 32.7 Å². The van der Waals surface area contributed by atoms with Crippen molar-refractivity contribution >= 4 is 29.0 Å². The highest BCUT2D eigenvalue weighted by Crippen LogP contribution is 2.20. The Kier molecular flexibility index (Phi) is 9.61. The maximum absolute atomic E-state index is 14.1. The maximum Gasteiger partial charge on any atom is 0.322 e. The van der Waals surface area contributed by atoms with Crippen molar-refractivity contribution in [1.29, 1.82) is 0 Å². The Morgan fingerprint density at radius 2 is 1.74 bits per heavy atom. The number of hydrogen-bond acceptors (Lipinski definition) is 4. The van der Waals surface area contributed by atoms with Crippen LogP contribution in [0.2, 0.25) is 0 Å². The Morgan fingerprint density at radius 1 is 1.00 bits per heavy atom. The summed E-state index contributed by atoms with van der Waals surface area (Å²) >= 11 is 1.61. The van der Waals surface area contributed by atoms with Gasteiger partial charge in [-0.2, -0.15) is 0 Å². The number of para-hydroxylation sites is 1. The van der Waals surface area contributed by atoms with Gasteiger partial charge < -0.3 is 19.9 Å². The Morgan fingerprint density at radius 3 is 2.41 bits per heavy atom. The van der Waals surface area contributed by atoms with Crippen LogP contribution in [-0.4, -0.2) is 48.5 Å². The quantitative estimate of drug-likeness (QED) is 0.377. The zero-order valence-corrected chi connectivity index (χ0v) is 20.3. The summed E-state index contributed by atoms with van der Waals surface area (Å²) in [5.41, 5.74) is 2.21. The van der Waals surface area contributed by atoms with Crippen molar-refractivity contribution in [2.75, 3.05) is 32.1 Å². The normalized spacial score (nSPS) is 10.7. The SMILES string of the molecule is COCCCN(CC(=O)N(Cc1ccccc1)Cc1sccc1C)C(=O)Nc1ccccc1F. The van der Waals surface area contributed by atoms with Gasteiger partial charge in [0.15, 0.2) is 0 Å². The molecule has 0 spiro atoms. The van der Waals surface area contributed by atoms with Gasteiger partial charge >= 0.3 is 6.03 Å². The van der Waals surface area contributed by atoms with Crippen LogP contribution in [0.15, 0.2) is 66.0 Å². The summed E-state index contributed by atoms with van der Waals surface area (Å²) in [4.78, 5) is 30.7. The monoisotopic (exact) mass is 483 g/mol. The van der Waals surface area contributed by atoms with E-state index in [9.17, 15) is 14.0 Å². The number of carbonyl (C=O) groups excluding carboxylic acids is 2. The molecule has 1 N–H and O–H groups in total. The van der Waals surface area contributed by atoms with E-state index in [-0.39, 0.29) is 18.1 Å². The summed E-state index contributed by atoms with van der Waals surface area (Å²) in [5.74, 6) is -0.712. The van der Waals surface area contributed by atoms with Crippen molar-refractivity contribution in [3.05, 3.63) is 87.9 Å². The van der Waals surface area contributed by atoms with E-state index in [4.69, 9.17) is 4.74 Å². The van der Waals surface area contributed by atoms with Crippen LogP contribution in [0.5, 0.6) is 0 Å². The summed E-state index contributed by atoms with van der Waals surface area (Å²) in [7, 11) is 1.58. The van der Waals surface area contributed by atoms with Crippen LogP contribution in [-0.2, 0) is 22.6 Å². The first-order valence-electron chi connectivity index (χ1n) is 11.1. The number of aryl methyl sites for hydroxylation is 1. The number of amides is 3. The minimum Gasteiger partial charge on any atom is -0.385 e. The third-order valence-electron chi connectivity index (χ3n) is 5.38. The highest BCUT2D eigenvalue weighted by atomic mass is 32.1. The molecule has 0 radical (unpaired) electrons. The number of rotatable bonds is 11. The molecule has 3 aromatic rings. The van der Waals surface area contributed by atoms with Crippen LogP contribution in [0.3, 0.4) is 0 Å². The molecule has 1 heterocycles. The van der Waals surface area contributed by atoms with Gasteiger partial charge in [0.25, 0.3) is 0 Å². The van der Waals surface area contributed by atoms with Gasteiger partial charge in [-0.05, 0) is 48.1 Å². The molecule has 3 rings (SSSR count). The van der Waals surface area contributed by atoms with Gasteiger partial charge in [0.1, 0.15) is 12.4 Å². The van der Waals surface area contributed by atoms with Crippen LogP contribution >= 0.6 is 11.3 Å². The van der Waals surface area contributed by atoms with Gasteiger partial charge in [-0.15, -0.1) is 11.3 Å². The molecule has 0 fully saturated rings. The predicted molar refractivity (Wildman–Crippen MR) is 133 cm³/mol. The molecular formula is C26H30FN3O3S. The standard InChI is InChI=1S/C26H30FN3O3S/c1-20-13-16-34-24(20)18-30(17-21-9-4-3-5-10-21)25(31)19-29(14-8-15-33-2)26(32)28-23-12-7-6-11-22(23)27/h3-7,9-13,16H,8,14-15,17-19H2,1-2H3,(H,28,32). The smallest absolute Gasteiger partial charge is 0.322 e. The highest BCUT2D eigenvalue weighted by molar-refractivity contribution is 7.10. The average Bonchev–Trinajstić information content (AvgIpc) is 3.24. The van der Waals surface area contributed by atoms with Crippen LogP contribution in [0.25, 0.3) is 0 Å². The third kappa shape index (κ3) is 7.40. The minimum absolute atomic E-state index is 0.0760. The maximum atomic E-state index is 14.1. The first kappa shape index (κ1) is 25.4. The van der Waals surface area contributed by atoms with E-state index >= 15 is 0 Å². The summed E-state index contributed by atoms with van der Waals surface area (Å²) < 4.78 is 19.2. The third-order valence-corrected chi connectivity index (χ3v) is 6.38. The lowest BCUT2D eigenvalue weighted by Crippen LogP contribution is -2.44. The number of benzene rings is 2. The van der Waals surface area contributed by atoms with E-state index in [2.05, 4.69) is 5.32 Å². The van der Waals surface area contributed by atoms with Gasteiger partial charge in [0.2, 0.25) is 5.91 Å². The number of ether oxygens (including phenoxy) is 1. The van der Waals surface area contributed by atoms with Crippen LogP contribution in [0.1, 0.15) is 22.4 Å². The zero-order chi connectivity index (χ0) is 24.3. The number of halogens is 1. The van der Waals surface area contributed by atoms with Gasteiger partial charge in [-0.3, -0.25) is 4.79 Å². The van der Waals surface area contributed by atoms with Crippen LogP contribution < -0.4 is 5.32 Å². The number of urea groups is 1. The second kappa shape index (κ2) is 12.9. The van der Waals surface area contributed by atoms with Crippen molar-refractivity contribution in [3.8, 4) is 0 Å². The molecule has 0 aliphatic carbocycles. The number of nitrogens with one attached hydrogen (secondary N) is 1. The summed E-state index contributed by atoms with van der Waals surface area (Å²) in [6.45, 7) is 3.53. The molecule has 0 atom stereocenters. The number of carbonyl (C=O) groups is 2. The highest BCUT2D eigenvalue weighted by Gasteiger charge is 2.23. The number of anilines is 1. The summed E-state index contributed by atoms with van der Waals surface area (Å²) in [5, 5.41) is 4.60. The average molecular weight is 484 g/mol. The molecule has 0 aliphatic heterocycles. The van der Waals surface area contributed by atoms with E-state index in [1.807, 2.05) is 48.7 Å². The van der Waals surface area contributed by atoms with Crippen molar-refractivity contribution < 1.29 is 18.7 Å². The number of nitrogens with zero attached hydrogens (tertiary/aromatic N) is 2. The fourth-order valence-corrected chi connectivity index (χ4v) is 4.37. The lowest BCUT2D eigenvalue weighted by Gasteiger charge is -2.28. The molecule has 0 unspecified atom stereocenters. The lowest BCUT2D eigenvalue weighted by atomic mass is 10.2. The Bertz CT molecular complexity index is 1070. The zero-order valence-electron chi connectivity index (χ0n) is 19.5. The van der Waals surface area contributed by atoms with E-state index in [0.717, 1.165) is 16.0 Å². The number of thiophene rings is 1. The molecule has 0 saturated heterocycles. The van der Waals surface area contributed by atoms with Gasteiger partial charge in [0, 0.05) is 31.7 Å². The van der Waals surface area contributed by atoms with Crippen LogP contribution in [0.4, 0.5) is 14.9 Å². The fraction of sp³-hybridized carbons (Fsp3) is 0.308. The molecule has 34 heavy (non-hydrogen) atoms. The lowest BCUT2D eigenvalue weighted by molar-refractivity contribution is -0.133. The molecular weight excluding hydrogens is 453 g/mol. The summed E-state index contributed by atoms with van der Waals surface area (Å²) in [6.07, 6.45) is 0.553. The molecule has 2 aromatic carbocycles. The second-order valence-electron chi connectivity index (χ2n) is 7.94. The predicted octanol–water partition coefficient (Wildman–Crippen LogP) is 5.30. The molecule has 180 valence electrons. The minimum atomic E-state index is -0.530. The summed E-state index contributed by atoms with van der Waals surface area (Å²) in [6, 6.07) is 17.2. The molecule has 6 nitrogen and oxygen atoms in total. The first-order chi connectivity index (χ1) is 16.5. The second-order valence-corrected chi connectivity index (χ2v) is 8.94. The molecule has 0 saturated carbocycles. The van der Waals surface area contributed by atoms with E-state index in [1.54, 1.807) is 35.5 Å². The van der Waals surface area contributed by atoms with Gasteiger partial charge in [0.05, 0.1) is 12.2 Å². The van der Waals surface area contributed by atoms with Crippen molar-refractivity contribution in [2.45, 2.75) is 26.4 Å². The van der Waals surface area contributed by atoms with Crippen molar-refractivity contribution in [1.82, 2.24) is 9.80 Å². The van der Waals surface area contributed by atoms with Crippen molar-refractivity contribution in [2.24, 2.45) is 0 Å². The van der Waals surface area contributed by atoms with Gasteiger partial charge in [-0.25, -0.2) is 9.18 Å². The Balaban J connectivity index is 1.77. The van der Waals surface area contributed by atoms with E-state index < -0.39 is 11.8 Å². The molecule has 0 bridgehead atoms. The van der Waals surface area contributed by atoms with Gasteiger partial charge in [-0.1, -0.05) is 42.5 Å². The Hall–Kier alpha value is -3.23. The van der Waals surface area contributed by atoms with E-state index in [1.165, 1.54) is 17.0 Å².